The van der Waals surface area contributed by atoms with Crippen LogP contribution >= 0.6 is 0 Å². The number of sulfone groups is 1. The Kier molecular flexibility index (Phi) is 5.39. The maximum Gasteiger partial charge on any atom is 0.238 e. The van der Waals surface area contributed by atoms with Gasteiger partial charge in [-0.15, -0.1) is 0 Å². The van der Waals surface area contributed by atoms with Crippen molar-refractivity contribution in [2.45, 2.75) is 18.7 Å². The first-order valence-corrected chi connectivity index (χ1v) is 9.11. The summed E-state index contributed by atoms with van der Waals surface area (Å²) in [5, 5.41) is 1.55. The second-order valence-electron chi connectivity index (χ2n) is 5.21. The van der Waals surface area contributed by atoms with Crippen molar-refractivity contribution >= 4 is 15.7 Å². The summed E-state index contributed by atoms with van der Waals surface area (Å²) in [5.41, 5.74) is 0.769. The fraction of sp³-hybridized carbons (Fsp3) is 0.235. The van der Waals surface area contributed by atoms with E-state index < -0.39 is 21.0 Å². The molecule has 0 radical (unpaired) electrons. The molecule has 0 spiro atoms. The topological polar surface area (TPSA) is 72.5 Å². The van der Waals surface area contributed by atoms with Gasteiger partial charge < -0.3 is 10.1 Å². The number of amides is 1. The molecule has 23 heavy (non-hydrogen) atoms. The number of ether oxygens (including phenoxy) is 1. The zero-order valence-corrected chi connectivity index (χ0v) is 13.8. The van der Waals surface area contributed by atoms with E-state index in [4.69, 9.17) is 4.74 Å². The Bertz CT molecular complexity index is 772. The molecule has 0 aliphatic rings. The van der Waals surface area contributed by atoms with Gasteiger partial charge >= 0.3 is 0 Å². The van der Waals surface area contributed by atoms with Gasteiger partial charge in [0, 0.05) is 18.4 Å². The average Bonchev–Trinajstić information content (AvgIpc) is 2.53. The molecule has 1 N–H and O–H groups in total. The molecule has 1 atom stereocenters. The molecule has 0 heterocycles. The molecule has 0 bridgehead atoms. The molecule has 0 saturated carbocycles. The summed E-state index contributed by atoms with van der Waals surface area (Å²) in [7, 11) is -3.41. The lowest BCUT2D eigenvalue weighted by molar-refractivity contribution is -0.120. The van der Waals surface area contributed by atoms with Crippen molar-refractivity contribution in [2.75, 3.05) is 6.26 Å². The van der Waals surface area contributed by atoms with Crippen LogP contribution in [0.15, 0.2) is 54.6 Å². The molecule has 0 aliphatic heterocycles. The fourth-order valence-corrected chi connectivity index (χ4v) is 2.36. The van der Waals surface area contributed by atoms with Crippen LogP contribution in [0.25, 0.3) is 0 Å². The Morgan fingerprint density at radius 2 is 1.70 bits per heavy atom. The lowest BCUT2D eigenvalue weighted by Gasteiger charge is -2.13. The zero-order chi connectivity index (χ0) is 16.9. The largest absolute Gasteiger partial charge is 0.457 e. The molecule has 2 rings (SSSR count). The molecule has 0 aliphatic carbocycles. The molecule has 5 nitrogen and oxygen atoms in total. The van der Waals surface area contributed by atoms with Gasteiger partial charge in [0.25, 0.3) is 0 Å². The molecule has 2 aromatic rings. The van der Waals surface area contributed by atoms with E-state index in [1.807, 2.05) is 48.5 Å². The number of hydrogen-bond acceptors (Lipinski definition) is 4. The summed E-state index contributed by atoms with van der Waals surface area (Å²) in [5.74, 6) is 0.781. The van der Waals surface area contributed by atoms with E-state index in [-0.39, 0.29) is 6.54 Å². The van der Waals surface area contributed by atoms with Crippen LogP contribution in [-0.2, 0) is 21.2 Å². The first-order valence-electron chi connectivity index (χ1n) is 7.15. The van der Waals surface area contributed by atoms with Crippen LogP contribution in [0, 0.1) is 0 Å². The molecule has 0 unspecified atom stereocenters. The number of hydrogen-bond donors (Lipinski definition) is 1. The summed E-state index contributed by atoms with van der Waals surface area (Å²) >= 11 is 0. The van der Waals surface area contributed by atoms with Crippen molar-refractivity contribution in [3.63, 3.8) is 0 Å². The summed E-state index contributed by atoms with van der Waals surface area (Å²) in [4.78, 5) is 11.9. The second kappa shape index (κ2) is 7.28. The van der Waals surface area contributed by atoms with E-state index in [2.05, 4.69) is 5.32 Å². The highest BCUT2D eigenvalue weighted by Crippen LogP contribution is 2.24. The van der Waals surface area contributed by atoms with Crippen LogP contribution in [0.2, 0.25) is 0 Å². The van der Waals surface area contributed by atoms with E-state index in [9.17, 15) is 13.2 Å². The quantitative estimate of drug-likeness (QED) is 0.882. The lowest BCUT2D eigenvalue weighted by Crippen LogP contribution is -2.37. The Balaban J connectivity index is 2.08. The van der Waals surface area contributed by atoms with Gasteiger partial charge in [-0.05, 0) is 25.1 Å². The lowest BCUT2D eigenvalue weighted by atomic mass is 10.2. The van der Waals surface area contributed by atoms with Crippen molar-refractivity contribution in [1.82, 2.24) is 5.32 Å². The van der Waals surface area contributed by atoms with E-state index >= 15 is 0 Å². The van der Waals surface area contributed by atoms with Crippen LogP contribution in [0.5, 0.6) is 11.5 Å². The predicted molar refractivity (Wildman–Crippen MR) is 89.1 cm³/mol. The SMILES string of the molecule is C[C@@H](C(=O)NCc1ccccc1Oc1ccccc1)S(C)(=O)=O. The Hall–Kier alpha value is -2.34. The number of para-hydroxylation sites is 2. The van der Waals surface area contributed by atoms with Crippen LogP contribution in [0.1, 0.15) is 12.5 Å². The van der Waals surface area contributed by atoms with E-state index in [0.29, 0.717) is 11.5 Å². The summed E-state index contributed by atoms with van der Waals surface area (Å²) < 4.78 is 28.6. The van der Waals surface area contributed by atoms with E-state index in [1.165, 1.54) is 6.92 Å². The van der Waals surface area contributed by atoms with Crippen molar-refractivity contribution in [1.29, 1.82) is 0 Å². The molecule has 1 amide bonds. The normalized spacial score (nSPS) is 12.4. The third-order valence-corrected chi connectivity index (χ3v) is 4.91. The molecule has 6 heteroatoms. The minimum Gasteiger partial charge on any atom is -0.457 e. The Labute approximate surface area is 136 Å². The summed E-state index contributed by atoms with van der Waals surface area (Å²) in [6, 6.07) is 16.6. The maximum atomic E-state index is 11.9. The highest BCUT2D eigenvalue weighted by molar-refractivity contribution is 7.92. The first kappa shape index (κ1) is 17.0. The highest BCUT2D eigenvalue weighted by Gasteiger charge is 2.23. The second-order valence-corrected chi connectivity index (χ2v) is 7.58. The third-order valence-electron chi connectivity index (χ3n) is 3.41. The van der Waals surface area contributed by atoms with Crippen molar-refractivity contribution in [2.24, 2.45) is 0 Å². The van der Waals surface area contributed by atoms with Gasteiger partial charge in [-0.1, -0.05) is 36.4 Å². The molecule has 0 aromatic heterocycles. The maximum absolute atomic E-state index is 11.9. The van der Waals surface area contributed by atoms with Crippen LogP contribution in [0.4, 0.5) is 0 Å². The smallest absolute Gasteiger partial charge is 0.238 e. The van der Waals surface area contributed by atoms with Gasteiger partial charge in [0.2, 0.25) is 5.91 Å². The number of rotatable bonds is 6. The Morgan fingerprint density at radius 3 is 2.35 bits per heavy atom. The number of carbonyl (C=O) groups is 1. The molecular weight excluding hydrogens is 314 g/mol. The molecule has 0 fully saturated rings. The third kappa shape index (κ3) is 4.82. The van der Waals surface area contributed by atoms with Crippen LogP contribution in [-0.4, -0.2) is 25.8 Å². The number of benzene rings is 2. The summed E-state index contributed by atoms with van der Waals surface area (Å²) in [6.45, 7) is 1.57. The minimum atomic E-state index is -3.41. The van der Waals surface area contributed by atoms with Crippen molar-refractivity contribution < 1.29 is 17.9 Å². The van der Waals surface area contributed by atoms with Gasteiger partial charge in [-0.25, -0.2) is 8.42 Å². The standard InChI is InChI=1S/C17H19NO4S/c1-13(23(2,20)21)17(19)18-12-14-8-6-7-11-16(14)22-15-9-4-3-5-10-15/h3-11,13H,12H2,1-2H3,(H,18,19)/t13-/m0/s1. The highest BCUT2D eigenvalue weighted by atomic mass is 32.2. The number of carbonyl (C=O) groups excluding carboxylic acids is 1. The zero-order valence-electron chi connectivity index (χ0n) is 13.0. The van der Waals surface area contributed by atoms with Gasteiger partial charge in [-0.3, -0.25) is 4.79 Å². The predicted octanol–water partition coefficient (Wildman–Crippen LogP) is 2.53. The molecule has 122 valence electrons. The number of nitrogens with one attached hydrogen (secondary N) is 1. The van der Waals surface area contributed by atoms with Gasteiger partial charge in [0.1, 0.15) is 16.7 Å². The van der Waals surface area contributed by atoms with Crippen molar-refractivity contribution in [3.05, 3.63) is 60.2 Å². The van der Waals surface area contributed by atoms with Gasteiger partial charge in [0.05, 0.1) is 0 Å². The average molecular weight is 333 g/mol. The fourth-order valence-electron chi connectivity index (χ4n) is 1.89. The van der Waals surface area contributed by atoms with Crippen LogP contribution < -0.4 is 10.1 Å². The van der Waals surface area contributed by atoms with Crippen LogP contribution in [0.3, 0.4) is 0 Å². The van der Waals surface area contributed by atoms with Gasteiger partial charge in [-0.2, -0.15) is 0 Å². The molecule has 2 aromatic carbocycles. The van der Waals surface area contributed by atoms with E-state index in [1.54, 1.807) is 6.07 Å². The monoisotopic (exact) mass is 333 g/mol. The summed E-state index contributed by atoms with van der Waals surface area (Å²) in [6.07, 6.45) is 1.05. The first-order chi connectivity index (χ1) is 10.9. The Morgan fingerprint density at radius 1 is 1.09 bits per heavy atom. The molecular formula is C17H19NO4S. The van der Waals surface area contributed by atoms with Gasteiger partial charge in [0.15, 0.2) is 9.84 Å². The van der Waals surface area contributed by atoms with E-state index in [0.717, 1.165) is 11.8 Å². The molecule has 0 saturated heterocycles. The van der Waals surface area contributed by atoms with Crippen molar-refractivity contribution in [3.8, 4) is 11.5 Å². The minimum absolute atomic E-state index is 0.196.